The number of allylic oxidation sites excluding steroid dienone is 8. The molecule has 6 heteroatoms. The SMILES string of the molecule is CCCCCC/C=C\C/C=C\CCCCCCCCCC(=O)OC(COC(=O)CCCCCCCCC)COC(=O)CCCCCCCCCCCCC/C=C\C/C=C\CCCCCCC. The van der Waals surface area contributed by atoms with Crippen LogP contribution in [0.3, 0.4) is 0 Å². The van der Waals surface area contributed by atoms with E-state index in [0.717, 1.165) is 77.0 Å². The van der Waals surface area contributed by atoms with Crippen molar-refractivity contribution in [2.75, 3.05) is 13.2 Å². The van der Waals surface area contributed by atoms with Gasteiger partial charge in [0.2, 0.25) is 0 Å². The molecule has 0 spiro atoms. The van der Waals surface area contributed by atoms with Gasteiger partial charge in [-0.15, -0.1) is 0 Å². The molecule has 0 aromatic carbocycles. The highest BCUT2D eigenvalue weighted by Gasteiger charge is 2.19. The van der Waals surface area contributed by atoms with Gasteiger partial charge in [-0.2, -0.15) is 0 Å². The minimum Gasteiger partial charge on any atom is -0.462 e. The minimum absolute atomic E-state index is 0.0752. The van der Waals surface area contributed by atoms with E-state index < -0.39 is 6.10 Å². The molecule has 0 bridgehead atoms. The molecule has 0 heterocycles. The van der Waals surface area contributed by atoms with Crippen molar-refractivity contribution in [2.45, 2.75) is 303 Å². The summed E-state index contributed by atoms with van der Waals surface area (Å²) in [5.74, 6) is -0.881. The van der Waals surface area contributed by atoms with Gasteiger partial charge in [0, 0.05) is 19.3 Å². The van der Waals surface area contributed by atoms with Crippen molar-refractivity contribution in [3.63, 3.8) is 0 Å². The molecule has 6 nitrogen and oxygen atoms in total. The molecule has 0 aliphatic carbocycles. The van der Waals surface area contributed by atoms with Gasteiger partial charge in [-0.05, 0) is 83.5 Å². The molecule has 0 rings (SSSR count). The van der Waals surface area contributed by atoms with Crippen molar-refractivity contribution >= 4 is 17.9 Å². The Kier molecular flexibility index (Phi) is 52.8. The van der Waals surface area contributed by atoms with Crippen LogP contribution in [0, 0.1) is 0 Å². The highest BCUT2D eigenvalue weighted by molar-refractivity contribution is 5.71. The first-order chi connectivity index (χ1) is 32.5. The van der Waals surface area contributed by atoms with Crippen LogP contribution in [0.4, 0.5) is 0 Å². The maximum Gasteiger partial charge on any atom is 0.306 e. The van der Waals surface area contributed by atoms with Crippen molar-refractivity contribution in [3.8, 4) is 0 Å². The molecule has 0 radical (unpaired) electrons. The number of carbonyl (C=O) groups excluding carboxylic acids is 3. The number of unbranched alkanes of at least 4 members (excludes halogenated alkanes) is 33. The predicted molar refractivity (Wildman–Crippen MR) is 284 cm³/mol. The van der Waals surface area contributed by atoms with Gasteiger partial charge >= 0.3 is 17.9 Å². The quantitative estimate of drug-likeness (QED) is 0.0262. The molecule has 384 valence electrons. The van der Waals surface area contributed by atoms with Gasteiger partial charge < -0.3 is 14.2 Å². The van der Waals surface area contributed by atoms with Crippen molar-refractivity contribution in [1.82, 2.24) is 0 Å². The molecule has 0 fully saturated rings. The number of carbonyl (C=O) groups is 3. The fourth-order valence-corrected chi connectivity index (χ4v) is 8.21. The Balaban J connectivity index is 4.18. The van der Waals surface area contributed by atoms with Crippen molar-refractivity contribution in [1.29, 1.82) is 0 Å². The Hall–Kier alpha value is -2.63. The summed E-state index contributed by atoms with van der Waals surface area (Å²) in [5.41, 5.74) is 0. The number of esters is 3. The highest BCUT2D eigenvalue weighted by atomic mass is 16.6. The lowest BCUT2D eigenvalue weighted by atomic mass is 10.0. The molecule has 0 saturated carbocycles. The Morgan fingerprint density at radius 2 is 0.545 bits per heavy atom. The first-order valence-corrected chi connectivity index (χ1v) is 28.6. The summed E-state index contributed by atoms with van der Waals surface area (Å²) in [7, 11) is 0. The maximum atomic E-state index is 12.8. The number of hydrogen-bond acceptors (Lipinski definition) is 6. The Bertz CT molecular complexity index is 1150. The van der Waals surface area contributed by atoms with E-state index in [2.05, 4.69) is 69.4 Å². The van der Waals surface area contributed by atoms with Crippen LogP contribution in [0.2, 0.25) is 0 Å². The topological polar surface area (TPSA) is 78.9 Å². The molecule has 0 aromatic rings. The van der Waals surface area contributed by atoms with E-state index in [1.54, 1.807) is 0 Å². The molecule has 1 atom stereocenters. The summed E-state index contributed by atoms with van der Waals surface area (Å²) in [6, 6.07) is 0. The third-order valence-corrected chi connectivity index (χ3v) is 12.6. The van der Waals surface area contributed by atoms with E-state index in [9.17, 15) is 14.4 Å². The zero-order valence-corrected chi connectivity index (χ0v) is 44.0. The van der Waals surface area contributed by atoms with Crippen LogP contribution in [-0.4, -0.2) is 37.2 Å². The molecule has 0 aliphatic rings. The number of rotatable bonds is 52. The van der Waals surface area contributed by atoms with Crippen LogP contribution >= 0.6 is 0 Å². The highest BCUT2D eigenvalue weighted by Crippen LogP contribution is 2.16. The van der Waals surface area contributed by atoms with Crippen LogP contribution in [-0.2, 0) is 28.6 Å². The summed E-state index contributed by atoms with van der Waals surface area (Å²) in [6.45, 7) is 6.59. The molecule has 0 aliphatic heterocycles. The first kappa shape index (κ1) is 63.4. The molecule has 66 heavy (non-hydrogen) atoms. The Morgan fingerprint density at radius 1 is 0.303 bits per heavy atom. The first-order valence-electron chi connectivity index (χ1n) is 28.6. The monoisotopic (exact) mass is 925 g/mol. The molecule has 0 saturated heterocycles. The molecular formula is C60H108O6. The normalized spacial score (nSPS) is 12.3. The van der Waals surface area contributed by atoms with E-state index >= 15 is 0 Å². The summed E-state index contributed by atoms with van der Waals surface area (Å²) >= 11 is 0. The van der Waals surface area contributed by atoms with E-state index in [1.807, 2.05) is 0 Å². The second-order valence-electron chi connectivity index (χ2n) is 19.2. The molecule has 0 aromatic heterocycles. The fourth-order valence-electron chi connectivity index (χ4n) is 8.21. The van der Waals surface area contributed by atoms with Crippen LogP contribution in [0.25, 0.3) is 0 Å². The second kappa shape index (κ2) is 55.0. The Morgan fingerprint density at radius 3 is 0.848 bits per heavy atom. The van der Waals surface area contributed by atoms with E-state index in [-0.39, 0.29) is 31.1 Å². The van der Waals surface area contributed by atoms with Crippen molar-refractivity contribution < 1.29 is 28.6 Å². The number of hydrogen-bond donors (Lipinski definition) is 0. The average Bonchev–Trinajstić information content (AvgIpc) is 3.31. The largest absolute Gasteiger partial charge is 0.462 e. The smallest absolute Gasteiger partial charge is 0.306 e. The zero-order valence-electron chi connectivity index (χ0n) is 44.0. The van der Waals surface area contributed by atoms with Gasteiger partial charge in [0.1, 0.15) is 13.2 Å². The summed E-state index contributed by atoms with van der Waals surface area (Å²) < 4.78 is 16.8. The van der Waals surface area contributed by atoms with Crippen LogP contribution in [0.1, 0.15) is 297 Å². The Labute approximate surface area is 409 Å². The maximum absolute atomic E-state index is 12.8. The lowest BCUT2D eigenvalue weighted by Gasteiger charge is -2.18. The third-order valence-electron chi connectivity index (χ3n) is 12.6. The third kappa shape index (κ3) is 52.3. The van der Waals surface area contributed by atoms with E-state index in [4.69, 9.17) is 14.2 Å². The van der Waals surface area contributed by atoms with Gasteiger partial charge in [-0.25, -0.2) is 0 Å². The lowest BCUT2D eigenvalue weighted by molar-refractivity contribution is -0.167. The summed E-state index contributed by atoms with van der Waals surface area (Å²) in [4.78, 5) is 37.9. The average molecular weight is 926 g/mol. The van der Waals surface area contributed by atoms with Crippen LogP contribution < -0.4 is 0 Å². The van der Waals surface area contributed by atoms with Gasteiger partial charge in [0.15, 0.2) is 6.10 Å². The van der Waals surface area contributed by atoms with Gasteiger partial charge in [0.05, 0.1) is 0 Å². The van der Waals surface area contributed by atoms with E-state index in [0.29, 0.717) is 19.3 Å². The fraction of sp³-hybridized carbons (Fsp3) is 0.817. The molecular weight excluding hydrogens is 817 g/mol. The molecule has 0 amide bonds. The summed E-state index contributed by atoms with van der Waals surface area (Å²) in [5, 5.41) is 0. The van der Waals surface area contributed by atoms with E-state index in [1.165, 1.54) is 180 Å². The molecule has 1 unspecified atom stereocenters. The second-order valence-corrected chi connectivity index (χ2v) is 19.2. The number of ether oxygens (including phenoxy) is 3. The zero-order chi connectivity index (χ0) is 47.9. The van der Waals surface area contributed by atoms with Crippen LogP contribution in [0.15, 0.2) is 48.6 Å². The van der Waals surface area contributed by atoms with Crippen LogP contribution in [0.5, 0.6) is 0 Å². The molecule has 0 N–H and O–H groups in total. The van der Waals surface area contributed by atoms with Gasteiger partial charge in [-0.1, -0.05) is 243 Å². The predicted octanol–water partition coefficient (Wildman–Crippen LogP) is 19.0. The van der Waals surface area contributed by atoms with Crippen molar-refractivity contribution in [2.24, 2.45) is 0 Å². The van der Waals surface area contributed by atoms with Gasteiger partial charge in [-0.3, -0.25) is 14.4 Å². The summed E-state index contributed by atoms with van der Waals surface area (Å²) in [6.07, 6.45) is 66.9. The minimum atomic E-state index is -0.774. The lowest BCUT2D eigenvalue weighted by Crippen LogP contribution is -2.30. The standard InChI is InChI=1S/C60H108O6/c1-4-7-10-13-16-18-20-22-24-26-28-29-30-31-32-34-35-37-39-41-44-47-50-53-59(62)65-56-57(55-64-58(61)52-49-46-43-15-12-9-6-3)66-60(63)54-51-48-45-42-40-38-36-33-27-25-23-21-19-17-14-11-8-5-2/h19-22,25-28,57H,4-18,23-24,29-56H2,1-3H3/b21-19-,22-20-,27-25-,28-26-. The van der Waals surface area contributed by atoms with Crippen molar-refractivity contribution in [3.05, 3.63) is 48.6 Å². The van der Waals surface area contributed by atoms with Gasteiger partial charge in [0.25, 0.3) is 0 Å².